The van der Waals surface area contributed by atoms with Gasteiger partial charge >= 0.3 is 40.4 Å². The second-order valence-electron chi connectivity index (χ2n) is 30.5. The molecule has 12 aromatic heterocycles. The molecule has 0 spiro atoms. The Labute approximate surface area is 766 Å². The highest BCUT2D eigenvalue weighted by molar-refractivity contribution is 8.44. The van der Waals surface area contributed by atoms with Gasteiger partial charge in [0, 0.05) is 37.9 Å². The molecule has 21 rings (SSSR count). The van der Waals surface area contributed by atoms with E-state index in [1.165, 1.54) is 65.4 Å². The highest BCUT2D eigenvalue weighted by Crippen LogP contribution is 2.61. The van der Waals surface area contributed by atoms with Crippen LogP contribution in [0.4, 0.5) is 35.3 Å². The monoisotopic (exact) mass is 2070 g/mol. The molecule has 9 aliphatic heterocycles. The van der Waals surface area contributed by atoms with Gasteiger partial charge in [0.2, 0.25) is 17.8 Å². The highest BCUT2D eigenvalue weighted by atomic mass is 32.7. The molecule has 27 atom stereocenters. The number of aliphatic hydroxyl groups is 3. The van der Waals surface area contributed by atoms with E-state index in [4.69, 9.17) is 176 Å². The van der Waals surface area contributed by atoms with Gasteiger partial charge in [0.15, 0.2) is 70.9 Å². The number of hydrogen-bond donors (Lipinski definition) is 18. The molecule has 57 nitrogen and oxygen atoms in total. The first kappa shape index (κ1) is 93.5. The predicted molar refractivity (Wildman–Crippen MR) is 473 cm³/mol. The largest absolute Gasteiger partial charge is 0.386 e. The third kappa shape index (κ3) is 18.8. The van der Waals surface area contributed by atoms with E-state index < -0.39 is 206 Å². The van der Waals surface area contributed by atoms with E-state index >= 15 is 0 Å². The van der Waals surface area contributed by atoms with Crippen molar-refractivity contribution in [2.75, 3.05) is 74.0 Å². The Morgan fingerprint density at radius 1 is 0.356 bits per heavy atom. The number of imidazole rings is 3. The number of hydrogen-bond acceptors (Lipinski definition) is 48. The number of aliphatic hydroxyl groups excluding tert-OH is 3. The van der Waals surface area contributed by atoms with Crippen LogP contribution in [0.3, 0.4) is 0 Å². The van der Waals surface area contributed by atoms with Gasteiger partial charge in [0.1, 0.15) is 127 Å². The van der Waals surface area contributed by atoms with Crippen LogP contribution in [0.5, 0.6) is 0 Å². The summed E-state index contributed by atoms with van der Waals surface area (Å²) in [7, 11) is 0. The Kier molecular flexibility index (Phi) is 25.6. The maximum Gasteiger partial charge on any atom is 0.386 e. The molecule has 6 bridgehead atoms. The minimum Gasteiger partial charge on any atom is -0.386 e. The quantitative estimate of drug-likeness (QED) is 0.0730. The Hall–Kier alpha value is -7.50. The molecule has 708 valence electrons. The number of nitrogen functional groups attached to an aromatic ring is 6. The van der Waals surface area contributed by atoms with E-state index in [2.05, 4.69) is 87.0 Å². The molecule has 0 aromatic carbocycles. The molecule has 69 heteroatoms. The Balaban J connectivity index is 0.000000128. The van der Waals surface area contributed by atoms with Crippen molar-refractivity contribution in [2.24, 2.45) is 0 Å². The third-order valence-corrected chi connectivity index (χ3v) is 31.5. The molecule has 12 aromatic rings. The van der Waals surface area contributed by atoms with Crippen LogP contribution >= 0.6 is 52.6 Å². The third-order valence-electron chi connectivity index (χ3n) is 22.0. The summed E-state index contributed by atoms with van der Waals surface area (Å²) in [6.45, 7) is -26.4. The molecule has 9 aliphatic rings. The number of nitrogens with one attached hydrogen (secondary N) is 3. The standard InChI is InChI=1S/3C21H25N9O10P2S2/c3*22-15-9-1-2-29(16(9)25-6-24-15)20-13(31)14-11(38-20)5-36-41(33,43)39-10-3-8(4-35-42(34,44)40-14)37-19(10)30-7-26-12-17(30)27-21(23)28-18(12)32/h3*1-2,6-8,10-11,13-14,19-20,31H,3-5H2,(H,33,43)(H,34,44)(H2,22,24,25)(H3,23,27,28,32)/t3*8?,10-,11-,13-,14-,19-,20-,41?,42?/m111/s1. The summed E-state index contributed by atoms with van der Waals surface area (Å²) in [6.07, 6.45) is -10.2. The number of aromatic amines is 3. The molecular weight excluding hydrogens is 1990 g/mol. The fraction of sp³-hybridized carbons (Fsp3) is 0.476. The van der Waals surface area contributed by atoms with Gasteiger partial charge in [0.25, 0.3) is 16.7 Å². The van der Waals surface area contributed by atoms with Crippen molar-refractivity contribution in [2.45, 2.75) is 148 Å². The van der Waals surface area contributed by atoms with Crippen LogP contribution in [-0.2, 0) is 146 Å². The smallest absolute Gasteiger partial charge is 0.386 e. The zero-order chi connectivity index (χ0) is 92.9. The Morgan fingerprint density at radius 2 is 0.636 bits per heavy atom. The summed E-state index contributed by atoms with van der Waals surface area (Å²) in [4.78, 5) is 149. The SMILES string of the molecule is Nc1nc2c(ncn2[C@@H]2OC3COP(O)(=S)O[C@H]4[C@@H](O)[C@H](n5ccc6c(N)ncnc65)O[C@@H]4COP(=O)(S)O[C@@H]2C3)c(=O)[nH]1.Nc1nc2c(ncn2[C@@H]2OC3COP(O)(=S)O[C@H]4[C@@H](O)[C@H](n5ccc6c(N)ncnc65)O[C@@H]4COP(O)(=S)O[C@@H]2C3)c(=O)[nH]1.Nc1nc2c(ncn2[C@@H]2OC3COP(O)(=S)O[C@H]4[C@@H](O)[C@H](n5ccc6c(N)ncnc65)O[C@@H]4COP(O)(=S)O[C@@H]2C3)c(=O)[nH]1. The van der Waals surface area contributed by atoms with Crippen LogP contribution in [0.1, 0.15) is 56.6 Å². The Morgan fingerprint density at radius 3 is 0.947 bits per heavy atom. The summed E-state index contributed by atoms with van der Waals surface area (Å²) in [5.74, 6) is 0.229. The van der Waals surface area contributed by atoms with Crippen LogP contribution in [0, 0.1) is 0 Å². The summed E-state index contributed by atoms with van der Waals surface area (Å²) < 4.78 is 127. The van der Waals surface area contributed by atoms with Crippen LogP contribution < -0.4 is 51.1 Å². The molecule has 0 aliphatic carbocycles. The van der Waals surface area contributed by atoms with Crippen molar-refractivity contribution >= 4 is 214 Å². The zero-order valence-electron chi connectivity index (χ0n) is 66.7. The number of anilines is 6. The number of thiol groups is 1. The lowest BCUT2D eigenvalue weighted by Gasteiger charge is -2.28. The maximum absolute atomic E-state index is 13.5. The fourth-order valence-electron chi connectivity index (χ4n) is 16.3. The molecule has 23 N–H and O–H groups in total. The lowest BCUT2D eigenvalue weighted by atomic mass is 10.1. The van der Waals surface area contributed by atoms with Gasteiger partial charge in [-0.3, -0.25) is 65.7 Å². The number of ether oxygens (including phenoxy) is 6. The number of nitrogens with zero attached hydrogens (tertiary/aromatic N) is 18. The minimum atomic E-state index is -4.16. The first-order chi connectivity index (χ1) is 62.7. The van der Waals surface area contributed by atoms with Gasteiger partial charge in [-0.05, 0) is 77.2 Å². The first-order valence-corrected chi connectivity index (χ1v) is 54.6. The van der Waals surface area contributed by atoms with Crippen molar-refractivity contribution in [3.63, 3.8) is 0 Å². The van der Waals surface area contributed by atoms with Gasteiger partial charge in [-0.2, -0.15) is 15.0 Å². The van der Waals surface area contributed by atoms with Crippen molar-refractivity contribution in [1.82, 2.24) is 102 Å². The normalized spacial score (nSPS) is 36.6. The number of fused-ring (bicyclic) bond motifs is 15. The van der Waals surface area contributed by atoms with Crippen LogP contribution in [0.25, 0.3) is 66.6 Å². The molecule has 0 saturated carbocycles. The summed E-state index contributed by atoms with van der Waals surface area (Å²) >= 11 is 30.6. The van der Waals surface area contributed by atoms with E-state index in [-0.39, 0.29) is 108 Å². The summed E-state index contributed by atoms with van der Waals surface area (Å²) in [5, 5.41) is 35.5. The number of nitrogens with two attached hydrogens (primary N) is 6. The molecule has 9 saturated heterocycles. The van der Waals surface area contributed by atoms with Crippen molar-refractivity contribution in [3.05, 3.63) is 106 Å². The molecule has 9 fully saturated rings. The van der Waals surface area contributed by atoms with E-state index in [1.807, 2.05) is 0 Å². The fourth-order valence-corrected chi connectivity index (χ4v) is 25.1. The number of rotatable bonds is 6. The summed E-state index contributed by atoms with van der Waals surface area (Å²) in [5.41, 5.74) is 34.7. The average Bonchev–Trinajstić information content (AvgIpc) is 1.64. The van der Waals surface area contributed by atoms with Crippen LogP contribution in [0.15, 0.2) is 89.1 Å². The molecule has 0 amide bonds. The van der Waals surface area contributed by atoms with Gasteiger partial charge < -0.3 is 148 Å². The van der Waals surface area contributed by atoms with Crippen LogP contribution in [-0.4, -0.2) is 273 Å². The minimum absolute atomic E-state index is 0.00301. The van der Waals surface area contributed by atoms with E-state index in [0.717, 1.165) is 0 Å². The molecule has 132 heavy (non-hydrogen) atoms. The van der Waals surface area contributed by atoms with Crippen molar-refractivity contribution < 1.29 is 127 Å². The molecule has 21 heterocycles. The molecule has 0 radical (unpaired) electrons. The second-order valence-corrected chi connectivity index (χ2v) is 47.4. The number of aromatic nitrogens is 21. The van der Waals surface area contributed by atoms with Crippen LogP contribution in [0.2, 0.25) is 0 Å². The van der Waals surface area contributed by atoms with E-state index in [1.54, 1.807) is 36.8 Å². The predicted octanol–water partition coefficient (Wildman–Crippen LogP) is -0.602. The van der Waals surface area contributed by atoms with E-state index in [9.17, 15) is 58.7 Å². The number of H-pyrrole nitrogens is 3. The second kappa shape index (κ2) is 36.1. The van der Waals surface area contributed by atoms with Gasteiger partial charge in [-0.15, -0.1) is 0 Å². The van der Waals surface area contributed by atoms with Crippen molar-refractivity contribution in [1.29, 1.82) is 0 Å². The molecule has 9 unspecified atom stereocenters. The van der Waals surface area contributed by atoms with Gasteiger partial charge in [-0.25, -0.2) is 49.4 Å². The van der Waals surface area contributed by atoms with Gasteiger partial charge in [-0.1, -0.05) is 12.2 Å². The lowest BCUT2D eigenvalue weighted by molar-refractivity contribution is -0.0603. The topological polar surface area (TPSA) is 784 Å². The van der Waals surface area contributed by atoms with Gasteiger partial charge in [0.05, 0.1) is 93.1 Å². The summed E-state index contributed by atoms with van der Waals surface area (Å²) in [6, 6.07) is 4.96. The Bertz CT molecular complexity index is 6360. The lowest BCUT2D eigenvalue weighted by Crippen LogP contribution is -2.36. The zero-order valence-corrected chi connectivity index (χ0v) is 77.0. The van der Waals surface area contributed by atoms with Crippen molar-refractivity contribution in [3.8, 4) is 0 Å². The highest BCUT2D eigenvalue weighted by Gasteiger charge is 2.55. The maximum atomic E-state index is 13.5. The first-order valence-electron chi connectivity index (χ1n) is 39.0. The molecular formula is C63H75N27O30P6S6. The van der Waals surface area contributed by atoms with E-state index in [0.29, 0.717) is 33.1 Å². The average molecular weight is 2070 g/mol.